The second-order valence-corrected chi connectivity index (χ2v) is 12.2. The molecule has 0 aliphatic carbocycles. The van der Waals surface area contributed by atoms with Gasteiger partial charge in [0.15, 0.2) is 0 Å². The fraction of sp³-hybridized carbons (Fsp3) is 0.136. The van der Waals surface area contributed by atoms with E-state index in [-0.39, 0.29) is 24.5 Å². The third-order valence-electron chi connectivity index (χ3n) is 9.06. The lowest BCUT2D eigenvalue weighted by Gasteiger charge is -2.19. The zero-order chi connectivity index (χ0) is 36.7. The van der Waals surface area contributed by atoms with E-state index >= 15 is 0 Å². The number of rotatable bonds is 11. The summed E-state index contributed by atoms with van der Waals surface area (Å²) >= 11 is 0. The third kappa shape index (κ3) is 7.78. The molecule has 6 aromatic carbocycles. The highest BCUT2D eigenvalue weighted by Crippen LogP contribution is 2.37. The first kappa shape index (κ1) is 36.0. The van der Waals surface area contributed by atoms with Crippen LogP contribution in [0.1, 0.15) is 49.3 Å². The Balaban J connectivity index is 0.000000201. The number of ether oxygens (including phenoxy) is 1. The van der Waals surface area contributed by atoms with Crippen LogP contribution in [0.25, 0.3) is 49.2 Å². The molecular weight excluding hydrogens is 638 g/mol. The molecule has 1 atom stereocenters. The summed E-state index contributed by atoms with van der Waals surface area (Å²) < 4.78 is 5.23. The molecule has 0 bridgehead atoms. The van der Waals surface area contributed by atoms with Gasteiger partial charge >= 0.3 is 17.9 Å². The van der Waals surface area contributed by atoms with Crippen LogP contribution in [0.3, 0.4) is 0 Å². The van der Waals surface area contributed by atoms with Crippen molar-refractivity contribution in [3.8, 4) is 0 Å². The monoisotopic (exact) mass is 677 g/mol. The van der Waals surface area contributed by atoms with Crippen LogP contribution >= 0.6 is 0 Å². The topological polar surface area (TPSA) is 125 Å². The number of esters is 1. The fourth-order valence-corrected chi connectivity index (χ4v) is 6.30. The lowest BCUT2D eigenvalue weighted by Crippen LogP contribution is -2.14. The first-order valence-corrected chi connectivity index (χ1v) is 16.6. The summed E-state index contributed by atoms with van der Waals surface area (Å²) in [5.41, 5.74) is 3.40. The molecule has 6 aromatic rings. The first-order chi connectivity index (χ1) is 24.5. The highest BCUT2D eigenvalue weighted by Gasteiger charge is 2.22. The number of carboxylic acid groups (broad SMARTS) is 2. The molecule has 51 heavy (non-hydrogen) atoms. The molecule has 7 nitrogen and oxygen atoms in total. The molecule has 0 fully saturated rings. The number of fused-ring (bicyclic) bond motifs is 4. The minimum absolute atomic E-state index is 0.00603. The van der Waals surface area contributed by atoms with Crippen molar-refractivity contribution < 1.29 is 29.3 Å². The molecule has 0 amide bonds. The zero-order valence-corrected chi connectivity index (χ0v) is 28.6. The van der Waals surface area contributed by atoms with Crippen LogP contribution in [0.4, 0.5) is 0 Å². The van der Waals surface area contributed by atoms with E-state index < -0.39 is 17.9 Å². The second kappa shape index (κ2) is 15.9. The van der Waals surface area contributed by atoms with Gasteiger partial charge in [-0.15, -0.1) is 0 Å². The van der Waals surface area contributed by atoms with Crippen LogP contribution in [-0.2, 0) is 19.1 Å². The van der Waals surface area contributed by atoms with E-state index in [0.29, 0.717) is 17.6 Å². The van der Waals surface area contributed by atoms with Gasteiger partial charge in [0.2, 0.25) is 0 Å². The minimum Gasteiger partial charge on any atom is -0.478 e. The summed E-state index contributed by atoms with van der Waals surface area (Å²) in [6, 6.07) is 34.1. The minimum atomic E-state index is -1.09. The number of carbonyl (C=O) groups excluding carboxylic acids is 1. The van der Waals surface area contributed by atoms with Crippen molar-refractivity contribution in [3.63, 3.8) is 0 Å². The Morgan fingerprint density at radius 2 is 1.29 bits per heavy atom. The van der Waals surface area contributed by atoms with Crippen LogP contribution in [0.5, 0.6) is 0 Å². The number of hydrogen-bond donors (Lipinski definition) is 3. The van der Waals surface area contributed by atoms with E-state index in [1.54, 1.807) is 6.08 Å². The van der Waals surface area contributed by atoms with E-state index in [2.05, 4.69) is 37.4 Å². The van der Waals surface area contributed by atoms with Crippen LogP contribution < -0.4 is 0 Å². The van der Waals surface area contributed by atoms with Gasteiger partial charge < -0.3 is 20.4 Å². The number of benzene rings is 6. The number of nitrogens with one attached hydrogen (secondary N) is 1. The predicted molar refractivity (Wildman–Crippen MR) is 207 cm³/mol. The molecule has 7 heteroatoms. The van der Waals surface area contributed by atoms with E-state index in [1.165, 1.54) is 6.21 Å². The van der Waals surface area contributed by atoms with Gasteiger partial charge in [0, 0.05) is 40.8 Å². The van der Waals surface area contributed by atoms with Crippen LogP contribution in [0.2, 0.25) is 0 Å². The maximum absolute atomic E-state index is 12.5. The molecule has 0 aliphatic rings. The van der Waals surface area contributed by atoms with Gasteiger partial charge in [-0.1, -0.05) is 118 Å². The normalized spacial score (nSPS) is 11.8. The van der Waals surface area contributed by atoms with Crippen molar-refractivity contribution in [2.75, 3.05) is 6.61 Å². The Hall–Kier alpha value is -6.34. The van der Waals surface area contributed by atoms with Gasteiger partial charge in [-0.3, -0.25) is 0 Å². The standard InChI is InChI=1S/C24H22O4.C20H17NO2/c1-15(23(25)26)12-13-28-24(27)17(3)16(2)22-20-10-6-4-8-18(20)14-19-9-5-7-11-21(19)22;1-2-13(20(22)23)10-15-7-5-8-16-11-14-6-3-4-9-17(14)18(12-21)19(15)16/h4-11,14,16H,1,3,12-13H2,2H3,(H,25,26);3-12,21H,2H2,1H3,(H,22,23). The highest BCUT2D eigenvalue weighted by molar-refractivity contribution is 6.15. The Bertz CT molecular complexity index is 2330. The maximum atomic E-state index is 12.5. The van der Waals surface area contributed by atoms with Gasteiger partial charge in [0.05, 0.1) is 6.61 Å². The van der Waals surface area contributed by atoms with Gasteiger partial charge in [0.25, 0.3) is 0 Å². The van der Waals surface area contributed by atoms with Crippen molar-refractivity contribution in [3.05, 3.63) is 150 Å². The summed E-state index contributed by atoms with van der Waals surface area (Å²) in [5.74, 6) is -2.78. The molecule has 0 saturated carbocycles. The highest BCUT2D eigenvalue weighted by atomic mass is 16.5. The van der Waals surface area contributed by atoms with Crippen molar-refractivity contribution in [1.29, 1.82) is 5.41 Å². The number of aliphatic carboxylic acids is 2. The number of carbonyl (C=O) groups is 3. The van der Waals surface area contributed by atoms with Crippen LogP contribution in [0.15, 0.2) is 133 Å². The molecular formula is C44H39NO6. The summed E-state index contributed by atoms with van der Waals surface area (Å²) in [5, 5.41) is 34.3. The van der Waals surface area contributed by atoms with Crippen molar-refractivity contribution in [2.45, 2.75) is 32.6 Å². The van der Waals surface area contributed by atoms with Gasteiger partial charge in [-0.2, -0.15) is 0 Å². The summed E-state index contributed by atoms with van der Waals surface area (Å²) in [6.45, 7) is 11.1. The lowest BCUT2D eigenvalue weighted by molar-refractivity contribution is -0.140. The van der Waals surface area contributed by atoms with E-state index in [4.69, 9.17) is 15.3 Å². The quantitative estimate of drug-likeness (QED) is 0.0543. The molecule has 256 valence electrons. The Morgan fingerprint density at radius 3 is 1.84 bits per heavy atom. The zero-order valence-electron chi connectivity index (χ0n) is 28.6. The third-order valence-corrected chi connectivity index (χ3v) is 9.06. The van der Waals surface area contributed by atoms with Crippen LogP contribution in [0, 0.1) is 5.41 Å². The van der Waals surface area contributed by atoms with Crippen molar-refractivity contribution in [2.24, 2.45) is 0 Å². The number of hydrogen-bond acceptors (Lipinski definition) is 5. The second-order valence-electron chi connectivity index (χ2n) is 12.2. The summed E-state index contributed by atoms with van der Waals surface area (Å²) in [6.07, 6.45) is 3.61. The maximum Gasteiger partial charge on any atom is 0.334 e. The number of carboxylic acids is 2. The van der Waals surface area contributed by atoms with Gasteiger partial charge in [-0.05, 0) is 78.8 Å². The molecule has 3 N–H and O–H groups in total. The fourth-order valence-electron chi connectivity index (χ4n) is 6.30. The Morgan fingerprint density at radius 1 is 0.765 bits per heavy atom. The van der Waals surface area contributed by atoms with Crippen molar-refractivity contribution in [1.82, 2.24) is 0 Å². The smallest absolute Gasteiger partial charge is 0.334 e. The van der Waals surface area contributed by atoms with E-state index in [0.717, 1.165) is 59.8 Å². The summed E-state index contributed by atoms with van der Waals surface area (Å²) in [7, 11) is 0. The molecule has 0 heterocycles. The molecule has 0 saturated heterocycles. The molecule has 0 aliphatic heterocycles. The first-order valence-electron chi connectivity index (χ1n) is 16.6. The summed E-state index contributed by atoms with van der Waals surface area (Å²) in [4.78, 5) is 34.6. The molecule has 0 aromatic heterocycles. The van der Waals surface area contributed by atoms with Crippen LogP contribution in [-0.4, -0.2) is 40.9 Å². The van der Waals surface area contributed by atoms with Gasteiger partial charge in [-0.25, -0.2) is 14.4 Å². The predicted octanol–water partition coefficient (Wildman–Crippen LogP) is 10.1. The van der Waals surface area contributed by atoms with Gasteiger partial charge in [0.1, 0.15) is 0 Å². The van der Waals surface area contributed by atoms with E-state index in [9.17, 15) is 19.5 Å². The molecule has 0 spiro atoms. The molecule has 0 radical (unpaired) electrons. The Kier molecular flexibility index (Phi) is 11.2. The van der Waals surface area contributed by atoms with E-state index in [1.807, 2.05) is 92.7 Å². The average molecular weight is 678 g/mol. The molecule has 6 rings (SSSR count). The van der Waals surface area contributed by atoms with Crippen molar-refractivity contribution >= 4 is 73.3 Å². The molecule has 1 unspecified atom stereocenters. The SMILES string of the molecule is C=C(CCOC(=O)C(=C)C(C)c1c2ccccc2cc2ccccc12)C(=O)O.CCC(=Cc1cccc2cc3ccccc3c(C=N)c12)C(=O)O. The average Bonchev–Trinajstić information content (AvgIpc) is 3.14. The lowest BCUT2D eigenvalue weighted by atomic mass is 9.85. The largest absolute Gasteiger partial charge is 0.478 e. The Labute approximate surface area is 296 Å².